The third kappa shape index (κ3) is 3.90. The molecule has 2 aromatic carbocycles. The summed E-state index contributed by atoms with van der Waals surface area (Å²) >= 11 is 0. The van der Waals surface area contributed by atoms with E-state index in [1.165, 1.54) is 0 Å². The fraction of sp³-hybridized carbons (Fsp3) is 0.368. The van der Waals surface area contributed by atoms with Crippen molar-refractivity contribution < 1.29 is 17.9 Å². The Hall–Kier alpha value is -2.01. The number of benzene rings is 2. The van der Waals surface area contributed by atoms with Gasteiger partial charge in [0.2, 0.25) is 0 Å². The quantitative estimate of drug-likeness (QED) is 0.718. The summed E-state index contributed by atoms with van der Waals surface area (Å²) < 4.78 is 45.7. The van der Waals surface area contributed by atoms with Gasteiger partial charge in [-0.15, -0.1) is 0 Å². The Morgan fingerprint density at radius 2 is 1.62 bits per heavy atom. The van der Waals surface area contributed by atoms with Gasteiger partial charge in [0.15, 0.2) is 23.2 Å². The molecule has 0 atom stereocenters. The van der Waals surface area contributed by atoms with Crippen molar-refractivity contribution in [2.24, 2.45) is 5.92 Å². The number of rotatable bonds is 4. The first-order chi connectivity index (χ1) is 11.5. The van der Waals surface area contributed by atoms with Crippen LogP contribution in [-0.2, 0) is 6.54 Å². The van der Waals surface area contributed by atoms with Crippen molar-refractivity contribution in [3.05, 3.63) is 59.4 Å². The van der Waals surface area contributed by atoms with Crippen LogP contribution in [0.5, 0.6) is 11.5 Å². The van der Waals surface area contributed by atoms with Gasteiger partial charge in [0, 0.05) is 24.2 Å². The summed E-state index contributed by atoms with van der Waals surface area (Å²) in [6, 6.07) is 8.52. The highest BCUT2D eigenvalue weighted by molar-refractivity contribution is 5.38. The molecular formula is C19H20F3NO. The number of hydrogen-bond acceptors (Lipinski definition) is 2. The largest absolute Gasteiger partial charge is 0.454 e. The molecule has 0 unspecified atom stereocenters. The van der Waals surface area contributed by atoms with Crippen LogP contribution in [0.25, 0.3) is 0 Å². The van der Waals surface area contributed by atoms with Crippen molar-refractivity contribution in [2.75, 3.05) is 13.1 Å². The third-order valence-electron chi connectivity index (χ3n) is 4.44. The molecule has 24 heavy (non-hydrogen) atoms. The zero-order valence-corrected chi connectivity index (χ0v) is 13.6. The maximum absolute atomic E-state index is 13.8. The normalized spacial score (nSPS) is 16.3. The van der Waals surface area contributed by atoms with E-state index >= 15 is 0 Å². The topological polar surface area (TPSA) is 12.5 Å². The van der Waals surface area contributed by atoms with Crippen LogP contribution < -0.4 is 4.74 Å². The third-order valence-corrected chi connectivity index (χ3v) is 4.44. The first-order valence-electron chi connectivity index (χ1n) is 8.15. The molecule has 128 valence electrons. The average molecular weight is 335 g/mol. The summed E-state index contributed by atoms with van der Waals surface area (Å²) in [4.78, 5) is 2.32. The van der Waals surface area contributed by atoms with Crippen molar-refractivity contribution in [3.8, 4) is 11.5 Å². The molecule has 3 rings (SSSR count). The summed E-state index contributed by atoms with van der Waals surface area (Å²) in [7, 11) is 0. The predicted octanol–water partition coefficient (Wildman–Crippen LogP) is 5.13. The summed E-state index contributed by atoms with van der Waals surface area (Å²) in [5.41, 5.74) is 0.899. The summed E-state index contributed by atoms with van der Waals surface area (Å²) in [6.45, 7) is 4.96. The van der Waals surface area contributed by atoms with E-state index in [0.717, 1.165) is 43.5 Å². The van der Waals surface area contributed by atoms with Crippen LogP contribution in [0.15, 0.2) is 36.4 Å². The standard InChI is InChI=1S/C19H20F3NO/c1-13-6-8-23(9-7-13)12-14-4-2-3-5-18(14)24-19-11-16(21)15(20)10-17(19)22/h2-5,10-11,13H,6-9,12H2,1H3. The summed E-state index contributed by atoms with van der Waals surface area (Å²) in [5.74, 6) is -2.39. The summed E-state index contributed by atoms with van der Waals surface area (Å²) in [5, 5.41) is 0. The number of halogens is 3. The van der Waals surface area contributed by atoms with E-state index in [4.69, 9.17) is 4.74 Å². The Bertz CT molecular complexity index is 712. The maximum Gasteiger partial charge on any atom is 0.168 e. The van der Waals surface area contributed by atoms with Crippen LogP contribution in [0.1, 0.15) is 25.3 Å². The van der Waals surface area contributed by atoms with Crippen LogP contribution in [0.3, 0.4) is 0 Å². The summed E-state index contributed by atoms with van der Waals surface area (Å²) in [6.07, 6.45) is 2.31. The lowest BCUT2D eigenvalue weighted by Crippen LogP contribution is -2.32. The second kappa shape index (κ2) is 7.26. The molecule has 2 aromatic rings. The molecule has 0 saturated carbocycles. The number of para-hydroxylation sites is 1. The molecule has 0 amide bonds. The zero-order chi connectivity index (χ0) is 17.1. The fourth-order valence-electron chi connectivity index (χ4n) is 2.90. The van der Waals surface area contributed by atoms with Gasteiger partial charge >= 0.3 is 0 Å². The van der Waals surface area contributed by atoms with Crippen LogP contribution in [-0.4, -0.2) is 18.0 Å². The van der Waals surface area contributed by atoms with Crippen LogP contribution in [0.2, 0.25) is 0 Å². The molecule has 1 aliphatic rings. The van der Waals surface area contributed by atoms with E-state index in [2.05, 4.69) is 11.8 Å². The molecule has 2 nitrogen and oxygen atoms in total. The minimum absolute atomic E-state index is 0.311. The van der Waals surface area contributed by atoms with Crippen molar-refractivity contribution in [1.29, 1.82) is 0 Å². The molecule has 0 bridgehead atoms. The van der Waals surface area contributed by atoms with Gasteiger partial charge in [-0.05, 0) is 37.9 Å². The molecule has 0 aromatic heterocycles. The first-order valence-corrected chi connectivity index (χ1v) is 8.15. The Labute approximate surface area is 139 Å². The fourth-order valence-corrected chi connectivity index (χ4v) is 2.90. The Balaban J connectivity index is 1.78. The molecular weight excluding hydrogens is 315 g/mol. The average Bonchev–Trinajstić information content (AvgIpc) is 2.56. The van der Waals surface area contributed by atoms with Gasteiger partial charge in [-0.2, -0.15) is 0 Å². The Morgan fingerprint density at radius 3 is 2.38 bits per heavy atom. The van der Waals surface area contributed by atoms with E-state index in [-0.39, 0.29) is 5.75 Å². The molecule has 0 spiro atoms. The molecule has 1 saturated heterocycles. The number of nitrogens with zero attached hydrogens (tertiary/aromatic N) is 1. The van der Waals surface area contributed by atoms with Crippen molar-refractivity contribution in [1.82, 2.24) is 4.90 Å². The van der Waals surface area contributed by atoms with Gasteiger partial charge in [-0.3, -0.25) is 4.90 Å². The van der Waals surface area contributed by atoms with Crippen molar-refractivity contribution >= 4 is 0 Å². The predicted molar refractivity (Wildman–Crippen MR) is 86.5 cm³/mol. The van der Waals surface area contributed by atoms with Gasteiger partial charge in [0.1, 0.15) is 5.75 Å². The molecule has 5 heteroatoms. The highest BCUT2D eigenvalue weighted by Gasteiger charge is 2.18. The van der Waals surface area contributed by atoms with E-state index in [9.17, 15) is 13.2 Å². The highest BCUT2D eigenvalue weighted by atomic mass is 19.2. The molecule has 0 radical (unpaired) electrons. The number of ether oxygens (including phenoxy) is 1. The minimum atomic E-state index is -1.23. The number of hydrogen-bond donors (Lipinski definition) is 0. The second-order valence-corrected chi connectivity index (χ2v) is 6.37. The van der Waals surface area contributed by atoms with Crippen LogP contribution in [0.4, 0.5) is 13.2 Å². The molecule has 0 N–H and O–H groups in total. The van der Waals surface area contributed by atoms with Crippen LogP contribution >= 0.6 is 0 Å². The number of likely N-dealkylation sites (tertiary alicyclic amines) is 1. The lowest BCUT2D eigenvalue weighted by Gasteiger charge is -2.30. The van der Waals surface area contributed by atoms with Crippen molar-refractivity contribution in [3.63, 3.8) is 0 Å². The Morgan fingerprint density at radius 1 is 0.958 bits per heavy atom. The minimum Gasteiger partial charge on any atom is -0.454 e. The van der Waals surface area contributed by atoms with Gasteiger partial charge in [0.05, 0.1) is 0 Å². The van der Waals surface area contributed by atoms with E-state index in [1.807, 2.05) is 12.1 Å². The van der Waals surface area contributed by atoms with Crippen LogP contribution in [0, 0.1) is 23.4 Å². The zero-order valence-electron chi connectivity index (χ0n) is 13.6. The highest BCUT2D eigenvalue weighted by Crippen LogP contribution is 2.30. The van der Waals surface area contributed by atoms with Gasteiger partial charge in [-0.25, -0.2) is 13.2 Å². The monoisotopic (exact) mass is 335 g/mol. The molecule has 0 aliphatic carbocycles. The van der Waals surface area contributed by atoms with Gasteiger partial charge in [0.25, 0.3) is 0 Å². The Kier molecular flexibility index (Phi) is 5.09. The SMILES string of the molecule is CC1CCN(Cc2ccccc2Oc2cc(F)c(F)cc2F)CC1. The van der Waals surface area contributed by atoms with E-state index in [1.54, 1.807) is 12.1 Å². The van der Waals surface area contributed by atoms with Gasteiger partial charge < -0.3 is 4.74 Å². The van der Waals surface area contributed by atoms with Gasteiger partial charge in [-0.1, -0.05) is 25.1 Å². The maximum atomic E-state index is 13.8. The molecule has 1 heterocycles. The van der Waals surface area contributed by atoms with E-state index in [0.29, 0.717) is 18.4 Å². The lowest BCUT2D eigenvalue weighted by atomic mass is 9.99. The smallest absolute Gasteiger partial charge is 0.168 e. The first kappa shape index (κ1) is 16.8. The molecule has 1 aliphatic heterocycles. The molecule has 1 fully saturated rings. The lowest BCUT2D eigenvalue weighted by molar-refractivity contribution is 0.184. The van der Waals surface area contributed by atoms with E-state index < -0.39 is 17.5 Å². The number of piperidine rings is 1. The second-order valence-electron chi connectivity index (χ2n) is 6.37. The van der Waals surface area contributed by atoms with Crippen molar-refractivity contribution in [2.45, 2.75) is 26.3 Å².